The van der Waals surface area contributed by atoms with Crippen LogP contribution in [-0.2, 0) is 4.79 Å². The van der Waals surface area contributed by atoms with Gasteiger partial charge in [0.25, 0.3) is 0 Å². The third-order valence-corrected chi connectivity index (χ3v) is 5.01. The van der Waals surface area contributed by atoms with Crippen molar-refractivity contribution < 1.29 is 9.90 Å². The number of carbonyl (C=O) groups is 1. The van der Waals surface area contributed by atoms with E-state index in [2.05, 4.69) is 17.4 Å². The monoisotopic (exact) mass is 293 g/mol. The Bertz CT molecular complexity index is 449. The lowest BCUT2D eigenvalue weighted by Crippen LogP contribution is -2.57. The van der Waals surface area contributed by atoms with Crippen LogP contribution in [0.5, 0.6) is 0 Å². The fourth-order valence-corrected chi connectivity index (χ4v) is 4.31. The number of hydrogen-bond acceptors (Lipinski definition) is 3. The van der Waals surface area contributed by atoms with E-state index in [1.807, 2.05) is 43.8 Å². The summed E-state index contributed by atoms with van der Waals surface area (Å²) in [6.07, 6.45) is 3.48. The highest BCUT2D eigenvalue weighted by Crippen LogP contribution is 2.38. The maximum atomic E-state index is 11.7. The van der Waals surface area contributed by atoms with Gasteiger partial charge >= 0.3 is 5.97 Å². The second-order valence-corrected chi connectivity index (χ2v) is 7.21. The summed E-state index contributed by atoms with van der Waals surface area (Å²) < 4.78 is 0. The largest absolute Gasteiger partial charge is 0.480 e. The Morgan fingerprint density at radius 1 is 1.40 bits per heavy atom. The van der Waals surface area contributed by atoms with Crippen molar-refractivity contribution >= 4 is 17.7 Å². The minimum absolute atomic E-state index is 0.187. The molecule has 2 unspecified atom stereocenters. The van der Waals surface area contributed by atoms with Gasteiger partial charge in [-0.15, -0.1) is 11.8 Å². The summed E-state index contributed by atoms with van der Waals surface area (Å²) in [4.78, 5) is 13.0. The number of hydrogen-bond donors (Lipinski definition) is 2. The quantitative estimate of drug-likeness (QED) is 0.872. The SMILES string of the molecule is CC(C)NC1(C(=O)O)CCCC(Sc2ccccc2)C1. The standard InChI is InChI=1S/C16H23NO2S/c1-12(2)17-16(15(18)19)10-6-9-14(11-16)20-13-7-4-3-5-8-13/h3-5,7-8,12,14,17H,6,9-11H2,1-2H3,(H,18,19). The van der Waals surface area contributed by atoms with Gasteiger partial charge in [0, 0.05) is 16.2 Å². The summed E-state index contributed by atoms with van der Waals surface area (Å²) in [6, 6.07) is 10.4. The zero-order valence-electron chi connectivity index (χ0n) is 12.1. The maximum absolute atomic E-state index is 11.7. The molecule has 4 heteroatoms. The fourth-order valence-electron chi connectivity index (χ4n) is 2.96. The molecule has 20 heavy (non-hydrogen) atoms. The van der Waals surface area contributed by atoms with Gasteiger partial charge in [-0.05, 0) is 51.7 Å². The molecule has 0 aliphatic heterocycles. The number of thioether (sulfide) groups is 1. The van der Waals surface area contributed by atoms with Crippen LogP contribution in [0.3, 0.4) is 0 Å². The second kappa shape index (κ2) is 6.64. The average molecular weight is 293 g/mol. The Balaban J connectivity index is 2.08. The highest BCUT2D eigenvalue weighted by Gasteiger charge is 2.43. The zero-order valence-corrected chi connectivity index (χ0v) is 13.0. The Morgan fingerprint density at radius 3 is 2.70 bits per heavy atom. The van der Waals surface area contributed by atoms with Crippen LogP contribution in [0.4, 0.5) is 0 Å². The van der Waals surface area contributed by atoms with Crippen LogP contribution in [0.2, 0.25) is 0 Å². The van der Waals surface area contributed by atoms with Crippen molar-refractivity contribution in [1.29, 1.82) is 0 Å². The zero-order chi connectivity index (χ0) is 14.6. The lowest BCUT2D eigenvalue weighted by molar-refractivity contribution is -0.146. The Hall–Kier alpha value is -1.00. The normalized spacial score (nSPS) is 26.6. The molecule has 1 aliphatic rings. The second-order valence-electron chi connectivity index (χ2n) is 5.84. The van der Waals surface area contributed by atoms with Gasteiger partial charge in [0.05, 0.1) is 0 Å². The molecule has 0 amide bonds. The predicted molar refractivity (Wildman–Crippen MR) is 83.2 cm³/mol. The number of benzene rings is 1. The van der Waals surface area contributed by atoms with Crippen LogP contribution in [0.15, 0.2) is 35.2 Å². The van der Waals surface area contributed by atoms with E-state index in [9.17, 15) is 9.90 Å². The van der Waals surface area contributed by atoms with Crippen molar-refractivity contribution in [3.63, 3.8) is 0 Å². The third-order valence-electron chi connectivity index (χ3n) is 3.73. The third kappa shape index (κ3) is 3.76. The summed E-state index contributed by atoms with van der Waals surface area (Å²) >= 11 is 1.81. The van der Waals surface area contributed by atoms with Gasteiger partial charge in [0.15, 0.2) is 0 Å². The summed E-state index contributed by atoms with van der Waals surface area (Å²) in [5.74, 6) is -0.704. The molecular weight excluding hydrogens is 270 g/mol. The van der Waals surface area contributed by atoms with Crippen LogP contribution in [-0.4, -0.2) is 27.9 Å². The minimum Gasteiger partial charge on any atom is -0.480 e. The van der Waals surface area contributed by atoms with Gasteiger partial charge in [-0.3, -0.25) is 10.1 Å². The molecule has 3 nitrogen and oxygen atoms in total. The lowest BCUT2D eigenvalue weighted by atomic mass is 9.81. The number of carboxylic acid groups (broad SMARTS) is 1. The maximum Gasteiger partial charge on any atom is 0.323 e. The highest BCUT2D eigenvalue weighted by atomic mass is 32.2. The first kappa shape index (κ1) is 15.4. The topological polar surface area (TPSA) is 49.3 Å². The fraction of sp³-hybridized carbons (Fsp3) is 0.562. The summed E-state index contributed by atoms with van der Waals surface area (Å²) in [6.45, 7) is 4.03. The molecule has 0 aromatic heterocycles. The number of nitrogens with one attached hydrogen (secondary N) is 1. The van der Waals surface area contributed by atoms with E-state index in [-0.39, 0.29) is 6.04 Å². The van der Waals surface area contributed by atoms with Crippen molar-refractivity contribution in [2.75, 3.05) is 0 Å². The van der Waals surface area contributed by atoms with E-state index in [4.69, 9.17) is 0 Å². The summed E-state index contributed by atoms with van der Waals surface area (Å²) in [5, 5.41) is 13.3. The summed E-state index contributed by atoms with van der Waals surface area (Å²) in [5.41, 5.74) is -0.751. The van der Waals surface area contributed by atoms with Crippen LogP contribution in [0.25, 0.3) is 0 Å². The van der Waals surface area contributed by atoms with Crippen molar-refractivity contribution in [3.05, 3.63) is 30.3 Å². The average Bonchev–Trinajstić information content (AvgIpc) is 2.39. The van der Waals surface area contributed by atoms with Gasteiger partial charge in [0.2, 0.25) is 0 Å². The molecule has 1 aromatic carbocycles. The molecule has 1 aliphatic carbocycles. The van der Waals surface area contributed by atoms with Crippen molar-refractivity contribution in [1.82, 2.24) is 5.32 Å². The van der Waals surface area contributed by atoms with Crippen LogP contribution in [0, 0.1) is 0 Å². The molecule has 110 valence electrons. The van der Waals surface area contributed by atoms with E-state index in [0.29, 0.717) is 11.7 Å². The number of aliphatic carboxylic acids is 1. The Labute approximate surface area is 125 Å². The van der Waals surface area contributed by atoms with Crippen molar-refractivity contribution in [3.8, 4) is 0 Å². The molecule has 2 atom stereocenters. The molecule has 1 saturated carbocycles. The molecule has 0 saturated heterocycles. The summed E-state index contributed by atoms with van der Waals surface area (Å²) in [7, 11) is 0. The van der Waals surface area contributed by atoms with E-state index in [1.165, 1.54) is 4.90 Å². The van der Waals surface area contributed by atoms with Gasteiger partial charge in [-0.25, -0.2) is 0 Å². The van der Waals surface area contributed by atoms with Crippen LogP contribution in [0.1, 0.15) is 39.5 Å². The van der Waals surface area contributed by atoms with Gasteiger partial charge < -0.3 is 5.11 Å². The molecule has 0 heterocycles. The minimum atomic E-state index is -0.751. The molecule has 0 bridgehead atoms. The molecule has 1 fully saturated rings. The molecule has 1 aromatic rings. The number of rotatable bonds is 5. The smallest absolute Gasteiger partial charge is 0.323 e. The molecular formula is C16H23NO2S. The van der Waals surface area contributed by atoms with Crippen LogP contribution < -0.4 is 5.32 Å². The Morgan fingerprint density at radius 2 is 2.10 bits per heavy atom. The van der Waals surface area contributed by atoms with Crippen molar-refractivity contribution in [2.45, 2.75) is 61.3 Å². The Kier molecular flexibility index (Phi) is 5.11. The molecule has 0 spiro atoms. The predicted octanol–water partition coefficient (Wildman–Crippen LogP) is 3.54. The van der Waals surface area contributed by atoms with Gasteiger partial charge in [0.1, 0.15) is 5.54 Å². The first-order chi connectivity index (χ1) is 9.52. The van der Waals surface area contributed by atoms with E-state index in [0.717, 1.165) is 19.3 Å². The van der Waals surface area contributed by atoms with E-state index >= 15 is 0 Å². The first-order valence-corrected chi connectivity index (χ1v) is 8.12. The van der Waals surface area contributed by atoms with Crippen molar-refractivity contribution in [2.24, 2.45) is 0 Å². The molecule has 2 N–H and O–H groups in total. The highest BCUT2D eigenvalue weighted by molar-refractivity contribution is 8.00. The van der Waals surface area contributed by atoms with Gasteiger partial charge in [-0.2, -0.15) is 0 Å². The van der Waals surface area contributed by atoms with Gasteiger partial charge in [-0.1, -0.05) is 18.2 Å². The lowest BCUT2D eigenvalue weighted by Gasteiger charge is -2.39. The van der Waals surface area contributed by atoms with E-state index in [1.54, 1.807) is 0 Å². The van der Waals surface area contributed by atoms with E-state index < -0.39 is 11.5 Å². The first-order valence-electron chi connectivity index (χ1n) is 7.25. The van der Waals surface area contributed by atoms with Crippen LogP contribution >= 0.6 is 11.8 Å². The molecule has 2 rings (SSSR count). The number of carboxylic acids is 1. The molecule has 0 radical (unpaired) electrons.